The van der Waals surface area contributed by atoms with Crippen molar-refractivity contribution in [2.75, 3.05) is 0 Å². The van der Waals surface area contributed by atoms with Crippen LogP contribution in [-0.2, 0) is 13.2 Å². The molecule has 14 heavy (non-hydrogen) atoms. The number of halogens is 1. The van der Waals surface area contributed by atoms with Gasteiger partial charge in [-0.05, 0) is 27.4 Å². The maximum absolute atomic E-state index is 9.04. The Bertz CT molecular complexity index is 424. The molecule has 1 N–H and O–H groups in total. The first-order valence-corrected chi connectivity index (χ1v) is 5.80. The molecule has 3 nitrogen and oxygen atoms in total. The highest BCUT2D eigenvalue weighted by atomic mass is 79.9. The largest absolute Gasteiger partial charge is 0.390 e. The Labute approximate surface area is 94.2 Å². The summed E-state index contributed by atoms with van der Waals surface area (Å²) in [7, 11) is 0. The molecule has 5 heteroatoms. The van der Waals surface area contributed by atoms with Gasteiger partial charge in [0, 0.05) is 9.35 Å². The summed E-state index contributed by atoms with van der Waals surface area (Å²) in [4.78, 5) is 5.23. The lowest BCUT2D eigenvalue weighted by atomic mass is 10.4. The Hall–Kier alpha value is -0.650. The van der Waals surface area contributed by atoms with Crippen molar-refractivity contribution in [1.29, 1.82) is 0 Å². The second-order valence-electron chi connectivity index (χ2n) is 2.86. The van der Waals surface area contributed by atoms with Gasteiger partial charge in [0.1, 0.15) is 0 Å². The van der Waals surface area contributed by atoms with E-state index >= 15 is 0 Å². The van der Waals surface area contributed by atoms with Gasteiger partial charge in [0.2, 0.25) is 0 Å². The van der Waals surface area contributed by atoms with E-state index in [0.29, 0.717) is 0 Å². The second-order valence-corrected chi connectivity index (χ2v) is 4.72. The van der Waals surface area contributed by atoms with Crippen molar-refractivity contribution in [2.24, 2.45) is 0 Å². The van der Waals surface area contributed by atoms with Gasteiger partial charge >= 0.3 is 0 Å². The lowest BCUT2D eigenvalue weighted by Crippen LogP contribution is -2.01. The summed E-state index contributed by atoms with van der Waals surface area (Å²) < 4.78 is 3.05. The number of nitrogens with zero attached hydrogens (tertiary/aromatic N) is 2. The van der Waals surface area contributed by atoms with Crippen LogP contribution in [0.25, 0.3) is 0 Å². The number of aliphatic hydroxyl groups is 1. The van der Waals surface area contributed by atoms with Crippen molar-refractivity contribution >= 4 is 27.3 Å². The molecule has 0 radical (unpaired) electrons. The molecule has 0 saturated carbocycles. The van der Waals surface area contributed by atoms with Crippen LogP contribution in [0.3, 0.4) is 0 Å². The zero-order valence-corrected chi connectivity index (χ0v) is 9.75. The normalized spacial score (nSPS) is 10.7. The molecule has 2 aromatic rings. The van der Waals surface area contributed by atoms with Crippen molar-refractivity contribution in [3.8, 4) is 0 Å². The number of rotatable bonds is 3. The minimum Gasteiger partial charge on any atom is -0.390 e. The van der Waals surface area contributed by atoms with Gasteiger partial charge in [-0.25, -0.2) is 4.98 Å². The molecule has 0 aliphatic heterocycles. The molecule has 0 aromatic carbocycles. The van der Waals surface area contributed by atoms with Crippen LogP contribution < -0.4 is 0 Å². The van der Waals surface area contributed by atoms with E-state index in [1.807, 2.05) is 16.0 Å². The van der Waals surface area contributed by atoms with Crippen LogP contribution in [0.4, 0.5) is 0 Å². The summed E-state index contributed by atoms with van der Waals surface area (Å²) in [6, 6.07) is 2.02. The predicted octanol–water partition coefficient (Wildman–Crippen LogP) is 2.25. The third kappa shape index (κ3) is 1.89. The van der Waals surface area contributed by atoms with Crippen LogP contribution in [-0.4, -0.2) is 14.7 Å². The molecule has 74 valence electrons. The maximum atomic E-state index is 9.04. The third-order valence-electron chi connectivity index (χ3n) is 1.97. The van der Waals surface area contributed by atoms with Crippen molar-refractivity contribution in [3.05, 3.63) is 39.0 Å². The highest BCUT2D eigenvalue weighted by Gasteiger charge is 2.05. The summed E-state index contributed by atoms with van der Waals surface area (Å²) in [5.41, 5.74) is 0.838. The van der Waals surface area contributed by atoms with Crippen LogP contribution >= 0.6 is 27.3 Å². The smallest absolute Gasteiger partial charge is 0.0952 e. The molecule has 2 aromatic heterocycles. The Balaban J connectivity index is 2.22. The summed E-state index contributed by atoms with van der Waals surface area (Å²) in [5.74, 6) is 0. The van der Waals surface area contributed by atoms with Gasteiger partial charge in [0.05, 0.1) is 31.4 Å². The number of thiophene rings is 1. The van der Waals surface area contributed by atoms with Gasteiger partial charge in [-0.1, -0.05) is 0 Å². The molecule has 0 spiro atoms. The van der Waals surface area contributed by atoms with Crippen LogP contribution in [0, 0.1) is 0 Å². The molecule has 2 heterocycles. The first kappa shape index (κ1) is 9.89. The lowest BCUT2D eigenvalue weighted by Gasteiger charge is -2.04. The zero-order chi connectivity index (χ0) is 9.97. The first-order valence-electron chi connectivity index (χ1n) is 4.13. The number of hydrogen-bond acceptors (Lipinski definition) is 3. The van der Waals surface area contributed by atoms with Gasteiger partial charge < -0.3 is 9.67 Å². The Kier molecular flexibility index (Phi) is 3.00. The fourth-order valence-electron chi connectivity index (χ4n) is 1.21. The quantitative estimate of drug-likeness (QED) is 0.931. The first-order chi connectivity index (χ1) is 6.81. The highest BCUT2D eigenvalue weighted by Crippen LogP contribution is 2.23. The fraction of sp³-hybridized carbons (Fsp3) is 0.222. The molecule has 0 bridgehead atoms. The predicted molar refractivity (Wildman–Crippen MR) is 59.3 cm³/mol. The molecular weight excluding hydrogens is 264 g/mol. The minimum atomic E-state index is 0.0307. The standard InChI is InChI=1S/C9H9BrN2OS/c10-8-1-2-14-9(8)4-12-6-11-3-7(12)5-13/h1-3,6,13H,4-5H2. The average Bonchev–Trinajstić information content (AvgIpc) is 2.77. The van der Waals surface area contributed by atoms with Crippen molar-refractivity contribution in [3.63, 3.8) is 0 Å². The van der Waals surface area contributed by atoms with Crippen molar-refractivity contribution < 1.29 is 5.11 Å². The summed E-state index contributed by atoms with van der Waals surface area (Å²) in [5, 5.41) is 11.1. The third-order valence-corrected chi connectivity index (χ3v) is 3.88. The number of hydrogen-bond donors (Lipinski definition) is 1. The van der Waals surface area contributed by atoms with Crippen LogP contribution in [0.1, 0.15) is 10.6 Å². The van der Waals surface area contributed by atoms with Crippen molar-refractivity contribution in [2.45, 2.75) is 13.2 Å². The van der Waals surface area contributed by atoms with Crippen LogP contribution in [0.2, 0.25) is 0 Å². The van der Waals surface area contributed by atoms with E-state index in [-0.39, 0.29) is 6.61 Å². The molecule has 0 fully saturated rings. The highest BCUT2D eigenvalue weighted by molar-refractivity contribution is 9.10. The zero-order valence-electron chi connectivity index (χ0n) is 7.35. The van der Waals surface area contributed by atoms with Gasteiger partial charge in [0.15, 0.2) is 0 Å². The van der Waals surface area contributed by atoms with Gasteiger partial charge in [0.25, 0.3) is 0 Å². The Morgan fingerprint density at radius 2 is 2.43 bits per heavy atom. The van der Waals surface area contributed by atoms with Gasteiger partial charge in [-0.15, -0.1) is 11.3 Å². The molecule has 0 amide bonds. The SMILES string of the molecule is OCc1cncn1Cc1sccc1Br. The molecule has 0 aliphatic carbocycles. The topological polar surface area (TPSA) is 38.1 Å². The Morgan fingerprint density at radius 1 is 1.57 bits per heavy atom. The molecule has 0 atom stereocenters. The van der Waals surface area contributed by atoms with E-state index in [1.54, 1.807) is 23.9 Å². The molecule has 0 saturated heterocycles. The van der Waals surface area contributed by atoms with E-state index in [1.165, 1.54) is 4.88 Å². The van der Waals surface area contributed by atoms with E-state index in [0.717, 1.165) is 16.7 Å². The minimum absolute atomic E-state index is 0.0307. The van der Waals surface area contributed by atoms with Crippen LogP contribution in [0.5, 0.6) is 0 Å². The number of aliphatic hydroxyl groups excluding tert-OH is 1. The molecule has 0 unspecified atom stereocenters. The van der Waals surface area contributed by atoms with E-state index in [4.69, 9.17) is 5.11 Å². The van der Waals surface area contributed by atoms with Crippen molar-refractivity contribution in [1.82, 2.24) is 9.55 Å². The van der Waals surface area contributed by atoms with Crippen LogP contribution in [0.15, 0.2) is 28.4 Å². The maximum Gasteiger partial charge on any atom is 0.0952 e. The Morgan fingerprint density at radius 3 is 3.07 bits per heavy atom. The summed E-state index contributed by atoms with van der Waals surface area (Å²) in [6.45, 7) is 0.789. The molecular formula is C9H9BrN2OS. The number of imidazole rings is 1. The van der Waals surface area contributed by atoms with Gasteiger partial charge in [-0.3, -0.25) is 0 Å². The monoisotopic (exact) mass is 272 g/mol. The molecule has 0 aliphatic rings. The summed E-state index contributed by atoms with van der Waals surface area (Å²) in [6.07, 6.45) is 3.42. The van der Waals surface area contributed by atoms with E-state index < -0.39 is 0 Å². The number of aromatic nitrogens is 2. The van der Waals surface area contributed by atoms with Gasteiger partial charge in [-0.2, -0.15) is 0 Å². The average molecular weight is 273 g/mol. The van der Waals surface area contributed by atoms with E-state index in [9.17, 15) is 0 Å². The lowest BCUT2D eigenvalue weighted by molar-refractivity contribution is 0.271. The second kappa shape index (κ2) is 4.25. The fourth-order valence-corrected chi connectivity index (χ4v) is 2.69. The van der Waals surface area contributed by atoms with E-state index in [2.05, 4.69) is 20.9 Å². The molecule has 2 rings (SSSR count). The summed E-state index contributed by atoms with van der Waals surface area (Å²) >= 11 is 5.16.